The predicted molar refractivity (Wildman–Crippen MR) is 54.7 cm³/mol. The van der Waals surface area contributed by atoms with Crippen LogP contribution in [0.3, 0.4) is 0 Å². The Labute approximate surface area is 93.0 Å². The molecular weight excluding hydrogens is 210 g/mol. The highest BCUT2D eigenvalue weighted by molar-refractivity contribution is 5.91. The highest BCUT2D eigenvalue weighted by Crippen LogP contribution is 2.03. The monoisotopic (exact) mass is 223 g/mol. The molecule has 2 rings (SSSR count). The molecule has 1 aromatic rings. The maximum absolute atomic E-state index is 11.9. The summed E-state index contributed by atoms with van der Waals surface area (Å²) in [7, 11) is 0. The zero-order valence-electron chi connectivity index (χ0n) is 9.05. The van der Waals surface area contributed by atoms with Crippen molar-refractivity contribution in [2.75, 3.05) is 26.3 Å². The minimum atomic E-state index is -0.215. The first-order valence-electron chi connectivity index (χ1n) is 5.11. The van der Waals surface area contributed by atoms with Crippen molar-refractivity contribution in [1.29, 1.82) is 0 Å². The van der Waals surface area contributed by atoms with Crippen LogP contribution in [0.25, 0.3) is 0 Å². The fraction of sp³-hybridized carbons (Fsp3) is 0.500. The van der Waals surface area contributed by atoms with Crippen molar-refractivity contribution in [3.63, 3.8) is 0 Å². The smallest absolute Gasteiger partial charge is 0.278 e. The van der Waals surface area contributed by atoms with E-state index in [1.165, 1.54) is 12.4 Å². The third-order valence-electron chi connectivity index (χ3n) is 2.50. The zero-order chi connectivity index (χ0) is 11.5. The van der Waals surface area contributed by atoms with E-state index in [2.05, 4.69) is 4.98 Å². The molecule has 2 heterocycles. The van der Waals surface area contributed by atoms with Gasteiger partial charge < -0.3 is 14.8 Å². The van der Waals surface area contributed by atoms with Gasteiger partial charge in [-0.3, -0.25) is 4.79 Å². The molecule has 1 aliphatic heterocycles. The third-order valence-corrected chi connectivity index (χ3v) is 2.50. The number of rotatable bonds is 1. The highest BCUT2D eigenvalue weighted by atomic mass is 16.5. The minimum absolute atomic E-state index is 0.183. The van der Waals surface area contributed by atoms with Crippen molar-refractivity contribution in [3.8, 4) is 0 Å². The molecule has 1 aromatic heterocycles. The Bertz CT molecular complexity index is 402. The summed E-state index contributed by atoms with van der Waals surface area (Å²) in [5.41, 5.74) is 0.654. The standard InChI is InChI=1S/C10H13N3O3/c1-8-6-11-9(7-13(8)15)10(14)12-2-4-16-5-3-12/h6-7H,2-5H2,1H3. The van der Waals surface area contributed by atoms with Gasteiger partial charge in [-0.05, 0) is 0 Å². The van der Waals surface area contributed by atoms with Gasteiger partial charge in [-0.1, -0.05) is 0 Å². The first-order chi connectivity index (χ1) is 7.68. The van der Waals surface area contributed by atoms with Gasteiger partial charge in [0.25, 0.3) is 5.91 Å². The Balaban J connectivity index is 2.16. The molecule has 0 bridgehead atoms. The first-order valence-corrected chi connectivity index (χ1v) is 5.11. The number of carbonyl (C=O) groups is 1. The second-order valence-electron chi connectivity index (χ2n) is 3.64. The predicted octanol–water partition coefficient (Wildman–Crippen LogP) is -0.504. The van der Waals surface area contributed by atoms with Gasteiger partial charge >= 0.3 is 0 Å². The molecule has 0 saturated carbocycles. The largest absolute Gasteiger partial charge is 0.618 e. The maximum Gasteiger partial charge on any atom is 0.278 e. The molecule has 1 aliphatic rings. The van der Waals surface area contributed by atoms with Gasteiger partial charge in [0.15, 0.2) is 5.69 Å². The lowest BCUT2D eigenvalue weighted by atomic mass is 10.3. The van der Waals surface area contributed by atoms with Crippen molar-refractivity contribution >= 4 is 5.91 Å². The number of morpholine rings is 1. The van der Waals surface area contributed by atoms with Gasteiger partial charge in [0.1, 0.15) is 0 Å². The molecule has 1 fully saturated rings. The molecule has 0 aromatic carbocycles. The lowest BCUT2D eigenvalue weighted by molar-refractivity contribution is -0.613. The van der Waals surface area contributed by atoms with Crippen LogP contribution in [0.1, 0.15) is 16.2 Å². The van der Waals surface area contributed by atoms with Crippen LogP contribution >= 0.6 is 0 Å². The van der Waals surface area contributed by atoms with E-state index in [9.17, 15) is 10.0 Å². The number of aryl methyl sites for hydroxylation is 1. The van der Waals surface area contributed by atoms with Crippen LogP contribution in [0.2, 0.25) is 0 Å². The van der Waals surface area contributed by atoms with Gasteiger partial charge in [-0.25, -0.2) is 4.98 Å². The van der Waals surface area contributed by atoms with Gasteiger partial charge in [0.2, 0.25) is 11.9 Å². The normalized spacial score (nSPS) is 16.2. The molecule has 0 N–H and O–H groups in total. The molecular formula is C10H13N3O3. The Morgan fingerprint density at radius 1 is 1.56 bits per heavy atom. The molecule has 0 radical (unpaired) electrons. The summed E-state index contributed by atoms with van der Waals surface area (Å²) in [5, 5.41) is 11.3. The quantitative estimate of drug-likeness (QED) is 0.475. The first kappa shape index (κ1) is 10.8. The highest BCUT2D eigenvalue weighted by Gasteiger charge is 2.21. The van der Waals surface area contributed by atoms with E-state index in [1.807, 2.05) is 0 Å². The zero-order valence-corrected chi connectivity index (χ0v) is 9.05. The molecule has 0 aliphatic carbocycles. The van der Waals surface area contributed by atoms with Gasteiger partial charge in [-0.2, -0.15) is 4.73 Å². The van der Waals surface area contributed by atoms with Crippen molar-refractivity contribution in [2.24, 2.45) is 0 Å². The van der Waals surface area contributed by atoms with Crippen molar-refractivity contribution in [1.82, 2.24) is 9.88 Å². The lowest BCUT2D eigenvalue weighted by Crippen LogP contribution is -2.42. The third kappa shape index (κ3) is 2.11. The van der Waals surface area contributed by atoms with E-state index in [-0.39, 0.29) is 11.6 Å². The Kier molecular flexibility index (Phi) is 3.00. The van der Waals surface area contributed by atoms with E-state index in [4.69, 9.17) is 4.74 Å². The van der Waals surface area contributed by atoms with E-state index >= 15 is 0 Å². The average molecular weight is 223 g/mol. The molecule has 6 heteroatoms. The van der Waals surface area contributed by atoms with Crippen LogP contribution in [0.15, 0.2) is 12.4 Å². The van der Waals surface area contributed by atoms with E-state index < -0.39 is 0 Å². The van der Waals surface area contributed by atoms with Crippen LogP contribution in [0.4, 0.5) is 0 Å². The summed E-state index contributed by atoms with van der Waals surface area (Å²) >= 11 is 0. The molecule has 0 spiro atoms. The summed E-state index contributed by atoms with van der Waals surface area (Å²) in [5.74, 6) is -0.215. The van der Waals surface area contributed by atoms with E-state index in [1.54, 1.807) is 11.8 Å². The number of amides is 1. The molecule has 6 nitrogen and oxygen atoms in total. The fourth-order valence-corrected chi connectivity index (χ4v) is 1.50. The van der Waals surface area contributed by atoms with Gasteiger partial charge in [0, 0.05) is 20.0 Å². The minimum Gasteiger partial charge on any atom is -0.618 e. The Morgan fingerprint density at radius 3 is 2.88 bits per heavy atom. The van der Waals surface area contributed by atoms with Crippen LogP contribution in [-0.4, -0.2) is 42.1 Å². The summed E-state index contributed by atoms with van der Waals surface area (Å²) in [6.45, 7) is 3.81. The number of hydrogen-bond donors (Lipinski definition) is 0. The summed E-state index contributed by atoms with van der Waals surface area (Å²) in [4.78, 5) is 17.5. The van der Waals surface area contributed by atoms with Crippen LogP contribution in [0, 0.1) is 12.1 Å². The van der Waals surface area contributed by atoms with Crippen LogP contribution in [-0.2, 0) is 4.74 Å². The number of hydrogen-bond acceptors (Lipinski definition) is 4. The summed E-state index contributed by atoms with van der Waals surface area (Å²) in [6, 6.07) is 0. The van der Waals surface area contributed by atoms with E-state index in [0.717, 1.165) is 0 Å². The van der Waals surface area contributed by atoms with E-state index in [0.29, 0.717) is 36.7 Å². The second-order valence-corrected chi connectivity index (χ2v) is 3.64. The fourth-order valence-electron chi connectivity index (χ4n) is 1.50. The number of aromatic nitrogens is 2. The summed E-state index contributed by atoms with van der Waals surface area (Å²) in [6.07, 6.45) is 2.62. The van der Waals surface area contributed by atoms with Crippen molar-refractivity contribution in [3.05, 3.63) is 29.0 Å². The van der Waals surface area contributed by atoms with Crippen molar-refractivity contribution < 1.29 is 14.3 Å². The number of nitrogens with zero attached hydrogens (tertiary/aromatic N) is 3. The SMILES string of the molecule is Cc1cnc(C(=O)N2CCOCC2)c[n+]1[O-]. The Morgan fingerprint density at radius 2 is 2.25 bits per heavy atom. The van der Waals surface area contributed by atoms with Gasteiger partial charge in [-0.15, -0.1) is 0 Å². The maximum atomic E-state index is 11.9. The van der Waals surface area contributed by atoms with Crippen LogP contribution in [0.5, 0.6) is 0 Å². The number of carbonyl (C=O) groups excluding carboxylic acids is 1. The Hall–Kier alpha value is -1.69. The summed E-state index contributed by atoms with van der Waals surface area (Å²) < 4.78 is 5.80. The molecule has 86 valence electrons. The molecule has 1 amide bonds. The molecule has 16 heavy (non-hydrogen) atoms. The van der Waals surface area contributed by atoms with Crippen molar-refractivity contribution in [2.45, 2.75) is 6.92 Å². The topological polar surface area (TPSA) is 69.4 Å². The van der Waals surface area contributed by atoms with Gasteiger partial charge in [0.05, 0.1) is 19.4 Å². The molecule has 0 atom stereocenters. The average Bonchev–Trinajstić information content (AvgIpc) is 2.33. The molecule has 1 saturated heterocycles. The van der Waals surface area contributed by atoms with Crippen LogP contribution < -0.4 is 4.73 Å². The number of ether oxygens (including phenoxy) is 1. The second kappa shape index (κ2) is 4.44. The lowest BCUT2D eigenvalue weighted by Gasteiger charge is -2.26. The molecule has 0 unspecified atom stereocenters.